The molecule has 1 heterocycles. The molecule has 5 heteroatoms. The molecule has 1 aromatic carbocycles. The highest BCUT2D eigenvalue weighted by atomic mass is 32.2. The van der Waals surface area contributed by atoms with Crippen molar-refractivity contribution in [1.82, 2.24) is 9.97 Å². The molecule has 2 rings (SSSR count). The van der Waals surface area contributed by atoms with Crippen LogP contribution in [0.25, 0.3) is 11.4 Å². The van der Waals surface area contributed by atoms with E-state index in [2.05, 4.69) is 60.4 Å². The van der Waals surface area contributed by atoms with Gasteiger partial charge in [0.05, 0.1) is 0 Å². The Morgan fingerprint density at radius 2 is 1.90 bits per heavy atom. The maximum Gasteiger partial charge on any atom is 0.161 e. The Morgan fingerprint density at radius 1 is 1.20 bits per heavy atom. The second kappa shape index (κ2) is 6.72. The van der Waals surface area contributed by atoms with Crippen LogP contribution >= 0.6 is 11.8 Å². The minimum Gasteiger partial charge on any atom is -0.308 e. The normalized spacial score (nSPS) is 10.8. The number of hydrogen-bond acceptors (Lipinski definition) is 5. The summed E-state index contributed by atoms with van der Waals surface area (Å²) in [6, 6.07) is 10.2. The highest BCUT2D eigenvalue weighted by molar-refractivity contribution is 7.99. The number of hydrazine groups is 1. The van der Waals surface area contributed by atoms with E-state index in [0.29, 0.717) is 17.6 Å². The van der Waals surface area contributed by atoms with Crippen LogP contribution in [0.1, 0.15) is 32.4 Å². The van der Waals surface area contributed by atoms with Gasteiger partial charge in [0, 0.05) is 22.2 Å². The molecule has 0 fully saturated rings. The fourth-order valence-corrected chi connectivity index (χ4v) is 2.49. The summed E-state index contributed by atoms with van der Waals surface area (Å²) in [7, 11) is 0. The van der Waals surface area contributed by atoms with E-state index in [4.69, 9.17) is 5.84 Å². The maximum absolute atomic E-state index is 5.49. The Labute approximate surface area is 124 Å². The molecule has 0 bridgehead atoms. The van der Waals surface area contributed by atoms with Gasteiger partial charge in [0.1, 0.15) is 5.82 Å². The number of anilines is 1. The Bertz CT molecular complexity index is 567. The number of nitrogens with two attached hydrogens (primary N) is 1. The number of rotatable bonds is 5. The van der Waals surface area contributed by atoms with Gasteiger partial charge < -0.3 is 5.43 Å². The smallest absolute Gasteiger partial charge is 0.161 e. The lowest BCUT2D eigenvalue weighted by atomic mass is 10.1. The fourth-order valence-electron chi connectivity index (χ4n) is 1.83. The molecular formula is C15H20N4S. The van der Waals surface area contributed by atoms with Crippen molar-refractivity contribution in [2.24, 2.45) is 5.84 Å². The van der Waals surface area contributed by atoms with Crippen molar-refractivity contribution in [3.05, 3.63) is 36.0 Å². The number of nitrogens with zero attached hydrogens (tertiary/aromatic N) is 2. The lowest BCUT2D eigenvalue weighted by Crippen LogP contribution is -2.11. The molecule has 0 aliphatic rings. The molecule has 0 aliphatic heterocycles. The topological polar surface area (TPSA) is 63.8 Å². The molecular weight excluding hydrogens is 268 g/mol. The molecule has 0 aliphatic carbocycles. The summed E-state index contributed by atoms with van der Waals surface area (Å²) in [6.45, 7) is 6.35. The van der Waals surface area contributed by atoms with Crippen molar-refractivity contribution in [2.75, 3.05) is 11.2 Å². The van der Waals surface area contributed by atoms with Crippen molar-refractivity contribution in [2.45, 2.75) is 31.6 Å². The molecule has 4 nitrogen and oxygen atoms in total. The van der Waals surface area contributed by atoms with Crippen LogP contribution in [0.15, 0.2) is 35.2 Å². The van der Waals surface area contributed by atoms with Crippen molar-refractivity contribution in [1.29, 1.82) is 0 Å². The van der Waals surface area contributed by atoms with Crippen molar-refractivity contribution < 1.29 is 0 Å². The predicted octanol–water partition coefficient (Wildman–Crippen LogP) is 3.66. The molecule has 0 saturated heterocycles. The summed E-state index contributed by atoms with van der Waals surface area (Å²) < 4.78 is 0. The van der Waals surface area contributed by atoms with E-state index >= 15 is 0 Å². The zero-order valence-electron chi connectivity index (χ0n) is 12.1. The average molecular weight is 288 g/mol. The van der Waals surface area contributed by atoms with Crippen LogP contribution < -0.4 is 11.3 Å². The zero-order valence-corrected chi connectivity index (χ0v) is 12.9. The van der Waals surface area contributed by atoms with Gasteiger partial charge in [-0.05, 0) is 23.8 Å². The summed E-state index contributed by atoms with van der Waals surface area (Å²) >= 11 is 1.82. The van der Waals surface area contributed by atoms with Crippen LogP contribution in [0.5, 0.6) is 0 Å². The van der Waals surface area contributed by atoms with E-state index < -0.39 is 0 Å². The van der Waals surface area contributed by atoms with Crippen molar-refractivity contribution in [3.63, 3.8) is 0 Å². The third-order valence-electron chi connectivity index (χ3n) is 2.91. The Morgan fingerprint density at radius 3 is 2.45 bits per heavy atom. The van der Waals surface area contributed by atoms with Gasteiger partial charge in [0.15, 0.2) is 5.82 Å². The van der Waals surface area contributed by atoms with Crippen LogP contribution in [-0.4, -0.2) is 15.7 Å². The minimum absolute atomic E-state index is 0.332. The SMILES string of the molecule is CCSc1ccc(-c2nc(NN)cc(C(C)C)n2)cc1. The fraction of sp³-hybridized carbons (Fsp3) is 0.333. The molecule has 2 aromatic rings. The number of thioether (sulfide) groups is 1. The van der Waals surface area contributed by atoms with E-state index in [1.165, 1.54) is 4.90 Å². The van der Waals surface area contributed by atoms with Crippen LogP contribution in [-0.2, 0) is 0 Å². The van der Waals surface area contributed by atoms with Gasteiger partial charge in [-0.2, -0.15) is 0 Å². The van der Waals surface area contributed by atoms with Gasteiger partial charge in [0.25, 0.3) is 0 Å². The van der Waals surface area contributed by atoms with E-state index in [0.717, 1.165) is 17.0 Å². The first-order chi connectivity index (χ1) is 9.63. The second-order valence-electron chi connectivity index (χ2n) is 4.76. The standard InChI is InChI=1S/C15H20N4S/c1-4-20-12-7-5-11(6-8-12)15-17-13(10(2)3)9-14(18-15)19-16/h5-10H,4,16H2,1-3H3,(H,17,18,19). The van der Waals surface area contributed by atoms with E-state index in [-0.39, 0.29) is 0 Å². The highest BCUT2D eigenvalue weighted by Crippen LogP contribution is 2.24. The first-order valence-electron chi connectivity index (χ1n) is 6.73. The van der Waals surface area contributed by atoms with Gasteiger partial charge in [-0.3, -0.25) is 0 Å². The minimum atomic E-state index is 0.332. The number of benzene rings is 1. The monoisotopic (exact) mass is 288 g/mol. The summed E-state index contributed by atoms with van der Waals surface area (Å²) in [5, 5.41) is 0. The van der Waals surface area contributed by atoms with Gasteiger partial charge in [0.2, 0.25) is 0 Å². The summed E-state index contributed by atoms with van der Waals surface area (Å²) in [4.78, 5) is 10.3. The van der Waals surface area contributed by atoms with Crippen LogP contribution in [0.2, 0.25) is 0 Å². The third-order valence-corrected chi connectivity index (χ3v) is 3.80. The largest absolute Gasteiger partial charge is 0.308 e. The molecule has 0 unspecified atom stereocenters. The third kappa shape index (κ3) is 3.49. The Kier molecular flexibility index (Phi) is 4.98. The number of aromatic nitrogens is 2. The van der Waals surface area contributed by atoms with Crippen LogP contribution in [0, 0.1) is 0 Å². The molecule has 0 atom stereocenters. The van der Waals surface area contributed by atoms with E-state index in [9.17, 15) is 0 Å². The quantitative estimate of drug-likeness (QED) is 0.499. The van der Waals surface area contributed by atoms with Crippen molar-refractivity contribution >= 4 is 17.6 Å². The molecule has 106 valence electrons. The molecule has 0 spiro atoms. The second-order valence-corrected chi connectivity index (χ2v) is 6.10. The van der Waals surface area contributed by atoms with E-state index in [1.54, 1.807) is 0 Å². The van der Waals surface area contributed by atoms with Crippen LogP contribution in [0.3, 0.4) is 0 Å². The molecule has 1 aromatic heterocycles. The maximum atomic E-state index is 5.49. The highest BCUT2D eigenvalue weighted by Gasteiger charge is 2.09. The number of hydrogen-bond donors (Lipinski definition) is 2. The molecule has 0 amide bonds. The molecule has 3 N–H and O–H groups in total. The first-order valence-corrected chi connectivity index (χ1v) is 7.71. The first kappa shape index (κ1) is 14.8. The van der Waals surface area contributed by atoms with Gasteiger partial charge >= 0.3 is 0 Å². The predicted molar refractivity (Wildman–Crippen MR) is 85.8 cm³/mol. The average Bonchev–Trinajstić information content (AvgIpc) is 2.47. The molecule has 0 radical (unpaired) electrons. The zero-order chi connectivity index (χ0) is 14.5. The molecule has 0 saturated carbocycles. The van der Waals surface area contributed by atoms with Gasteiger partial charge in [-0.1, -0.05) is 32.9 Å². The Hall–Kier alpha value is -1.59. The van der Waals surface area contributed by atoms with Gasteiger partial charge in [-0.25, -0.2) is 15.8 Å². The van der Waals surface area contributed by atoms with Crippen LogP contribution in [0.4, 0.5) is 5.82 Å². The Balaban J connectivity index is 2.37. The lowest BCUT2D eigenvalue weighted by Gasteiger charge is -2.10. The summed E-state index contributed by atoms with van der Waals surface area (Å²) in [5.74, 6) is 8.24. The molecule has 20 heavy (non-hydrogen) atoms. The van der Waals surface area contributed by atoms with Gasteiger partial charge in [-0.15, -0.1) is 11.8 Å². The van der Waals surface area contributed by atoms with Crippen molar-refractivity contribution in [3.8, 4) is 11.4 Å². The number of nitrogen functional groups attached to an aromatic ring is 1. The van der Waals surface area contributed by atoms with E-state index in [1.807, 2.05) is 17.8 Å². The lowest BCUT2D eigenvalue weighted by molar-refractivity contribution is 0.817. The summed E-state index contributed by atoms with van der Waals surface area (Å²) in [5.41, 5.74) is 4.59. The summed E-state index contributed by atoms with van der Waals surface area (Å²) in [6.07, 6.45) is 0. The number of nitrogens with one attached hydrogen (secondary N) is 1.